The van der Waals surface area contributed by atoms with E-state index in [1.807, 2.05) is 60.7 Å². The molecule has 118 valence electrons. The predicted octanol–water partition coefficient (Wildman–Crippen LogP) is 4.76. The van der Waals surface area contributed by atoms with Gasteiger partial charge < -0.3 is 9.47 Å². The Labute approximate surface area is 140 Å². The third-order valence-electron chi connectivity index (χ3n) is 4.35. The Kier molecular flexibility index (Phi) is 3.54. The van der Waals surface area contributed by atoms with Gasteiger partial charge in [-0.25, -0.2) is 4.79 Å². The lowest BCUT2D eigenvalue weighted by molar-refractivity contribution is 0.0600. The normalized spacial score (nSPS) is 12.7. The lowest BCUT2D eigenvalue weighted by Gasteiger charge is -2.28. The van der Waals surface area contributed by atoms with E-state index in [-0.39, 0.29) is 11.9 Å². The molecule has 0 saturated carbocycles. The van der Waals surface area contributed by atoms with Crippen molar-refractivity contribution in [3.05, 3.63) is 95.1 Å². The van der Waals surface area contributed by atoms with Crippen LogP contribution >= 0.6 is 0 Å². The topological polar surface area (TPSA) is 35.5 Å². The number of carbonyl (C=O) groups is 1. The third kappa shape index (κ3) is 2.35. The molecule has 1 aliphatic rings. The minimum atomic E-state index is -0.325. The lowest BCUT2D eigenvalue weighted by Crippen LogP contribution is -2.11. The van der Waals surface area contributed by atoms with E-state index in [9.17, 15) is 4.79 Å². The highest BCUT2D eigenvalue weighted by atomic mass is 16.5. The van der Waals surface area contributed by atoms with E-state index >= 15 is 0 Å². The van der Waals surface area contributed by atoms with Gasteiger partial charge in [0.1, 0.15) is 11.5 Å². The molecule has 3 nitrogen and oxygen atoms in total. The maximum absolute atomic E-state index is 11.7. The van der Waals surface area contributed by atoms with Crippen molar-refractivity contribution >= 4 is 5.97 Å². The quantitative estimate of drug-likeness (QED) is 0.500. The number of hydrogen-bond donors (Lipinski definition) is 0. The van der Waals surface area contributed by atoms with Crippen LogP contribution in [0.1, 0.15) is 33.0 Å². The summed E-state index contributed by atoms with van der Waals surface area (Å²) in [6.07, 6.45) is 0. The van der Waals surface area contributed by atoms with E-state index in [2.05, 4.69) is 12.1 Å². The number of rotatable bonds is 2. The molecule has 0 amide bonds. The second-order valence-corrected chi connectivity index (χ2v) is 5.72. The van der Waals surface area contributed by atoms with Gasteiger partial charge in [-0.05, 0) is 29.8 Å². The van der Waals surface area contributed by atoms with Crippen LogP contribution in [0.4, 0.5) is 0 Å². The zero-order valence-electron chi connectivity index (χ0n) is 13.2. The molecule has 3 heteroatoms. The number of hydrogen-bond acceptors (Lipinski definition) is 3. The molecule has 0 fully saturated rings. The van der Waals surface area contributed by atoms with Crippen LogP contribution in [0.2, 0.25) is 0 Å². The fourth-order valence-corrected chi connectivity index (χ4v) is 3.20. The second-order valence-electron chi connectivity index (χ2n) is 5.72. The first-order chi connectivity index (χ1) is 11.8. The summed E-state index contributed by atoms with van der Waals surface area (Å²) in [7, 11) is 1.39. The van der Waals surface area contributed by atoms with Crippen LogP contribution in [0.15, 0.2) is 72.8 Å². The Morgan fingerprint density at radius 3 is 1.92 bits per heavy atom. The molecule has 0 saturated heterocycles. The third-order valence-corrected chi connectivity index (χ3v) is 4.35. The summed E-state index contributed by atoms with van der Waals surface area (Å²) in [6, 6.07) is 23.7. The molecule has 24 heavy (non-hydrogen) atoms. The average molecular weight is 316 g/mol. The molecular formula is C21H16O3. The van der Waals surface area contributed by atoms with Crippen molar-refractivity contribution in [2.75, 3.05) is 7.11 Å². The summed E-state index contributed by atoms with van der Waals surface area (Å²) in [6.45, 7) is 0. The molecule has 0 atom stereocenters. The molecule has 1 aliphatic heterocycles. The van der Waals surface area contributed by atoms with Gasteiger partial charge in [0.15, 0.2) is 0 Å². The van der Waals surface area contributed by atoms with E-state index in [4.69, 9.17) is 9.47 Å². The standard InChI is InChI=1S/C21H16O3/c1-23-21(22)15-12-10-14(11-13-15)20-16-6-2-4-8-18(16)24-19-9-5-3-7-17(19)20/h2-13,20H,1H3. The maximum Gasteiger partial charge on any atom is 0.337 e. The number of fused-ring (bicyclic) bond motifs is 2. The first-order valence-electron chi connectivity index (χ1n) is 7.82. The summed E-state index contributed by atoms with van der Waals surface area (Å²) >= 11 is 0. The predicted molar refractivity (Wildman–Crippen MR) is 91.7 cm³/mol. The van der Waals surface area contributed by atoms with Gasteiger partial charge in [0.2, 0.25) is 0 Å². The lowest BCUT2D eigenvalue weighted by atomic mass is 9.82. The van der Waals surface area contributed by atoms with Crippen LogP contribution in [0.3, 0.4) is 0 Å². The fourth-order valence-electron chi connectivity index (χ4n) is 3.20. The highest BCUT2D eigenvalue weighted by Gasteiger charge is 2.28. The van der Waals surface area contributed by atoms with Gasteiger partial charge in [-0.15, -0.1) is 0 Å². The molecule has 1 heterocycles. The molecule has 4 rings (SSSR count). The Hall–Kier alpha value is -3.07. The van der Waals surface area contributed by atoms with Crippen LogP contribution in [0, 0.1) is 0 Å². The number of ether oxygens (including phenoxy) is 2. The number of carbonyl (C=O) groups excluding carboxylic acids is 1. The van der Waals surface area contributed by atoms with Crippen LogP contribution in [0.5, 0.6) is 11.5 Å². The van der Waals surface area contributed by atoms with Crippen molar-refractivity contribution in [2.24, 2.45) is 0 Å². The Bertz CT molecular complexity index is 851. The Morgan fingerprint density at radius 2 is 1.38 bits per heavy atom. The molecule has 3 aromatic carbocycles. The first-order valence-corrected chi connectivity index (χ1v) is 7.82. The average Bonchev–Trinajstić information content (AvgIpc) is 2.65. The van der Waals surface area contributed by atoms with E-state index < -0.39 is 0 Å². The molecule has 0 spiro atoms. The monoisotopic (exact) mass is 316 g/mol. The molecule has 0 unspecified atom stereocenters. The highest BCUT2D eigenvalue weighted by molar-refractivity contribution is 5.89. The SMILES string of the molecule is COC(=O)c1ccc(C2c3ccccc3Oc3ccccc32)cc1. The zero-order chi connectivity index (χ0) is 16.5. The van der Waals surface area contributed by atoms with E-state index in [0.29, 0.717) is 5.56 Å². The van der Waals surface area contributed by atoms with E-state index in [1.54, 1.807) is 0 Å². The van der Waals surface area contributed by atoms with E-state index in [0.717, 1.165) is 28.2 Å². The van der Waals surface area contributed by atoms with Crippen LogP contribution in [-0.2, 0) is 4.74 Å². The molecular weight excluding hydrogens is 300 g/mol. The van der Waals surface area contributed by atoms with Gasteiger partial charge in [-0.3, -0.25) is 0 Å². The summed E-state index contributed by atoms with van der Waals surface area (Å²) in [4.78, 5) is 11.7. The van der Waals surface area contributed by atoms with Crippen molar-refractivity contribution < 1.29 is 14.3 Å². The maximum atomic E-state index is 11.7. The molecule has 0 aliphatic carbocycles. The Morgan fingerprint density at radius 1 is 0.833 bits per heavy atom. The van der Waals surface area contributed by atoms with Crippen LogP contribution in [0.25, 0.3) is 0 Å². The zero-order valence-corrected chi connectivity index (χ0v) is 13.2. The molecule has 3 aromatic rings. The van der Waals surface area contributed by atoms with Crippen molar-refractivity contribution in [3.8, 4) is 11.5 Å². The Balaban J connectivity index is 1.84. The number of methoxy groups -OCH3 is 1. The number of para-hydroxylation sites is 2. The molecule has 0 radical (unpaired) electrons. The largest absolute Gasteiger partial charge is 0.465 e. The van der Waals surface area contributed by atoms with Crippen molar-refractivity contribution in [1.29, 1.82) is 0 Å². The number of benzene rings is 3. The van der Waals surface area contributed by atoms with Gasteiger partial charge in [0.05, 0.1) is 12.7 Å². The molecule has 0 bridgehead atoms. The van der Waals surface area contributed by atoms with Crippen molar-refractivity contribution in [2.45, 2.75) is 5.92 Å². The minimum absolute atomic E-state index is 0.0813. The minimum Gasteiger partial charge on any atom is -0.465 e. The summed E-state index contributed by atoms with van der Waals surface area (Å²) in [5, 5.41) is 0. The van der Waals surface area contributed by atoms with Crippen LogP contribution in [-0.4, -0.2) is 13.1 Å². The summed E-state index contributed by atoms with van der Waals surface area (Å²) in [5.74, 6) is 1.50. The van der Waals surface area contributed by atoms with E-state index in [1.165, 1.54) is 7.11 Å². The van der Waals surface area contributed by atoms with Gasteiger partial charge >= 0.3 is 5.97 Å². The van der Waals surface area contributed by atoms with Gasteiger partial charge in [-0.2, -0.15) is 0 Å². The van der Waals surface area contributed by atoms with Crippen LogP contribution < -0.4 is 4.74 Å². The van der Waals surface area contributed by atoms with Crippen molar-refractivity contribution in [3.63, 3.8) is 0 Å². The summed E-state index contributed by atoms with van der Waals surface area (Å²) in [5.41, 5.74) is 3.92. The van der Waals surface area contributed by atoms with Gasteiger partial charge in [0, 0.05) is 17.0 Å². The molecule has 0 N–H and O–H groups in total. The second kappa shape index (κ2) is 5.85. The first kappa shape index (κ1) is 14.5. The smallest absolute Gasteiger partial charge is 0.337 e. The summed E-state index contributed by atoms with van der Waals surface area (Å²) < 4.78 is 10.8. The molecule has 0 aromatic heterocycles. The highest BCUT2D eigenvalue weighted by Crippen LogP contribution is 2.46. The van der Waals surface area contributed by atoms with Gasteiger partial charge in [0.25, 0.3) is 0 Å². The fraction of sp³-hybridized carbons (Fsp3) is 0.0952. The van der Waals surface area contributed by atoms with Gasteiger partial charge in [-0.1, -0.05) is 48.5 Å². The van der Waals surface area contributed by atoms with Crippen molar-refractivity contribution in [1.82, 2.24) is 0 Å². The number of esters is 1.